The van der Waals surface area contributed by atoms with Crippen LogP contribution in [0.1, 0.15) is 16.7 Å². The summed E-state index contributed by atoms with van der Waals surface area (Å²) in [6.45, 7) is 6.25. The average Bonchev–Trinajstić information content (AvgIpc) is 3.22. The van der Waals surface area contributed by atoms with Gasteiger partial charge >= 0.3 is 6.03 Å². The van der Waals surface area contributed by atoms with E-state index in [9.17, 15) is 4.79 Å². The van der Waals surface area contributed by atoms with E-state index in [1.165, 1.54) is 11.1 Å². The first-order chi connectivity index (χ1) is 16.2. The minimum atomic E-state index is -0.00647. The van der Waals surface area contributed by atoms with E-state index in [4.69, 9.17) is 4.98 Å². The number of anilines is 1. The normalized spacial score (nSPS) is 14.0. The average molecular weight is 440 g/mol. The summed E-state index contributed by atoms with van der Waals surface area (Å²) in [6.07, 6.45) is 0. The molecule has 3 aromatic carbocycles. The molecule has 2 amide bonds. The Balaban J connectivity index is 1.27. The molecule has 33 heavy (non-hydrogen) atoms. The Hall–Kier alpha value is -3.80. The number of aryl methyl sites for hydroxylation is 1. The predicted octanol–water partition coefficient (Wildman–Crippen LogP) is 4.42. The molecule has 0 unspecified atom stereocenters. The number of nitrogens with zero attached hydrogens (tertiary/aromatic N) is 4. The van der Waals surface area contributed by atoms with Crippen molar-refractivity contribution in [3.8, 4) is 0 Å². The topological polar surface area (TPSA) is 53.4 Å². The maximum absolute atomic E-state index is 12.7. The number of hydrogen-bond acceptors (Lipinski definition) is 3. The number of nitrogens with one attached hydrogen (secondary N) is 1. The molecule has 0 bridgehead atoms. The number of imidazole rings is 1. The molecule has 0 saturated carbocycles. The Morgan fingerprint density at radius 3 is 2.30 bits per heavy atom. The molecule has 0 atom stereocenters. The first kappa shape index (κ1) is 21.1. The molecule has 0 aliphatic carbocycles. The lowest BCUT2D eigenvalue weighted by Crippen LogP contribution is -2.52. The summed E-state index contributed by atoms with van der Waals surface area (Å²) in [5.41, 5.74) is 5.72. The smallest absolute Gasteiger partial charge is 0.317 e. The molecule has 6 nitrogen and oxygen atoms in total. The van der Waals surface area contributed by atoms with Gasteiger partial charge in [0, 0.05) is 32.7 Å². The highest BCUT2D eigenvalue weighted by molar-refractivity contribution is 5.79. The zero-order valence-electron chi connectivity index (χ0n) is 18.9. The molecule has 5 rings (SSSR count). The number of amides is 2. The van der Waals surface area contributed by atoms with Crippen molar-refractivity contribution in [3.63, 3.8) is 0 Å². The summed E-state index contributed by atoms with van der Waals surface area (Å²) in [4.78, 5) is 21.9. The molecule has 4 aromatic rings. The van der Waals surface area contributed by atoms with Crippen molar-refractivity contribution in [2.75, 3.05) is 31.1 Å². The van der Waals surface area contributed by atoms with Crippen molar-refractivity contribution in [2.45, 2.75) is 20.0 Å². The summed E-state index contributed by atoms with van der Waals surface area (Å²) in [5.74, 6) is 0.972. The molecule has 0 spiro atoms. The van der Waals surface area contributed by atoms with Crippen LogP contribution in [0, 0.1) is 6.92 Å². The largest absolute Gasteiger partial charge is 0.339 e. The maximum atomic E-state index is 12.7. The van der Waals surface area contributed by atoms with Crippen LogP contribution >= 0.6 is 0 Å². The standard InChI is InChI=1S/C27H29N5O/c1-21-11-13-22(14-12-21)19-28-27(33)31-17-15-30(16-18-31)26-29-24-9-5-6-10-25(24)32(26)20-23-7-3-2-4-8-23/h2-14H,15-20H2,1H3,(H,28,33). The number of piperazine rings is 1. The van der Waals surface area contributed by atoms with E-state index in [0.717, 1.165) is 42.2 Å². The molecular formula is C27H29N5O. The molecule has 2 heterocycles. The molecule has 168 valence electrons. The second-order valence-corrected chi connectivity index (χ2v) is 8.59. The lowest BCUT2D eigenvalue weighted by molar-refractivity contribution is 0.193. The molecule has 1 N–H and O–H groups in total. The third kappa shape index (κ3) is 4.70. The second kappa shape index (κ2) is 9.36. The van der Waals surface area contributed by atoms with Crippen LogP contribution in [0.25, 0.3) is 11.0 Å². The monoisotopic (exact) mass is 439 g/mol. The van der Waals surface area contributed by atoms with Crippen LogP contribution in [0.2, 0.25) is 0 Å². The fraction of sp³-hybridized carbons (Fsp3) is 0.259. The van der Waals surface area contributed by atoms with Gasteiger partial charge in [0.05, 0.1) is 17.6 Å². The summed E-state index contributed by atoms with van der Waals surface area (Å²) in [5, 5.41) is 3.06. The van der Waals surface area contributed by atoms with E-state index in [1.807, 2.05) is 17.0 Å². The minimum Gasteiger partial charge on any atom is -0.339 e. The third-order valence-electron chi connectivity index (χ3n) is 6.23. The molecule has 6 heteroatoms. The Morgan fingerprint density at radius 1 is 0.848 bits per heavy atom. The Morgan fingerprint density at radius 2 is 1.55 bits per heavy atom. The first-order valence-electron chi connectivity index (χ1n) is 11.5. The van der Waals surface area contributed by atoms with E-state index >= 15 is 0 Å². The second-order valence-electron chi connectivity index (χ2n) is 8.59. The highest BCUT2D eigenvalue weighted by atomic mass is 16.2. The lowest BCUT2D eigenvalue weighted by Gasteiger charge is -2.35. The lowest BCUT2D eigenvalue weighted by atomic mass is 10.1. The summed E-state index contributed by atoms with van der Waals surface area (Å²) < 4.78 is 2.29. The molecule has 1 aliphatic rings. The van der Waals surface area contributed by atoms with E-state index in [-0.39, 0.29) is 6.03 Å². The maximum Gasteiger partial charge on any atom is 0.317 e. The van der Waals surface area contributed by atoms with Crippen molar-refractivity contribution in [1.29, 1.82) is 0 Å². The highest BCUT2D eigenvalue weighted by Gasteiger charge is 2.25. The van der Waals surface area contributed by atoms with Gasteiger partial charge in [0.15, 0.2) is 0 Å². The van der Waals surface area contributed by atoms with Gasteiger partial charge in [-0.15, -0.1) is 0 Å². The number of aromatic nitrogens is 2. The van der Waals surface area contributed by atoms with Gasteiger partial charge in [0.2, 0.25) is 5.95 Å². The number of carbonyl (C=O) groups excluding carboxylic acids is 1. The fourth-order valence-corrected chi connectivity index (χ4v) is 4.33. The van der Waals surface area contributed by atoms with Crippen LogP contribution in [0.3, 0.4) is 0 Å². The molecule has 1 saturated heterocycles. The number of benzene rings is 3. The molecule has 0 radical (unpaired) electrons. The van der Waals surface area contributed by atoms with Crippen molar-refractivity contribution >= 4 is 23.0 Å². The Kier molecular flexibility index (Phi) is 5.98. The van der Waals surface area contributed by atoms with Crippen molar-refractivity contribution < 1.29 is 4.79 Å². The minimum absolute atomic E-state index is 0.00647. The van der Waals surface area contributed by atoms with Gasteiger partial charge in [-0.25, -0.2) is 9.78 Å². The number of rotatable bonds is 5. The highest BCUT2D eigenvalue weighted by Crippen LogP contribution is 2.25. The van der Waals surface area contributed by atoms with Crippen LogP contribution in [0.4, 0.5) is 10.7 Å². The SMILES string of the molecule is Cc1ccc(CNC(=O)N2CCN(c3nc4ccccc4n3Cc3ccccc3)CC2)cc1. The van der Waals surface area contributed by atoms with Crippen LogP contribution in [-0.4, -0.2) is 46.7 Å². The first-order valence-corrected chi connectivity index (χ1v) is 11.5. The van der Waals surface area contributed by atoms with Crippen molar-refractivity contribution in [1.82, 2.24) is 19.8 Å². The fourth-order valence-electron chi connectivity index (χ4n) is 4.33. The quantitative estimate of drug-likeness (QED) is 0.501. The molecular weight excluding hydrogens is 410 g/mol. The Bertz CT molecular complexity index is 1220. The van der Waals surface area contributed by atoms with Crippen LogP contribution in [-0.2, 0) is 13.1 Å². The van der Waals surface area contributed by atoms with Gasteiger partial charge in [-0.2, -0.15) is 0 Å². The van der Waals surface area contributed by atoms with Crippen molar-refractivity contribution in [3.05, 3.63) is 95.6 Å². The van der Waals surface area contributed by atoms with Gasteiger partial charge in [0.25, 0.3) is 0 Å². The van der Waals surface area contributed by atoms with Crippen molar-refractivity contribution in [2.24, 2.45) is 0 Å². The van der Waals surface area contributed by atoms with E-state index < -0.39 is 0 Å². The van der Waals surface area contributed by atoms with Crippen LogP contribution in [0.15, 0.2) is 78.9 Å². The van der Waals surface area contributed by atoms with E-state index in [2.05, 4.69) is 88.4 Å². The predicted molar refractivity (Wildman–Crippen MR) is 132 cm³/mol. The van der Waals surface area contributed by atoms with Gasteiger partial charge in [-0.05, 0) is 30.2 Å². The number of para-hydroxylation sites is 2. The molecule has 1 aliphatic heterocycles. The summed E-state index contributed by atoms with van der Waals surface area (Å²) in [7, 11) is 0. The van der Waals surface area contributed by atoms with Gasteiger partial charge in [-0.1, -0.05) is 72.3 Å². The van der Waals surface area contributed by atoms with Gasteiger partial charge in [-0.3, -0.25) is 0 Å². The van der Waals surface area contributed by atoms with Crippen LogP contribution in [0.5, 0.6) is 0 Å². The molecule has 1 fully saturated rings. The summed E-state index contributed by atoms with van der Waals surface area (Å²) in [6, 6.07) is 27.0. The van der Waals surface area contributed by atoms with E-state index in [0.29, 0.717) is 19.6 Å². The zero-order valence-corrected chi connectivity index (χ0v) is 18.9. The summed E-state index contributed by atoms with van der Waals surface area (Å²) >= 11 is 0. The van der Waals surface area contributed by atoms with Gasteiger partial charge < -0.3 is 19.7 Å². The van der Waals surface area contributed by atoms with Gasteiger partial charge in [0.1, 0.15) is 0 Å². The van der Waals surface area contributed by atoms with E-state index in [1.54, 1.807) is 0 Å². The Labute approximate surface area is 194 Å². The number of hydrogen-bond donors (Lipinski definition) is 1. The van der Waals surface area contributed by atoms with Crippen LogP contribution < -0.4 is 10.2 Å². The number of urea groups is 1. The molecule has 1 aromatic heterocycles. The third-order valence-corrected chi connectivity index (χ3v) is 6.23. The number of carbonyl (C=O) groups is 1. The zero-order chi connectivity index (χ0) is 22.6. The number of fused-ring (bicyclic) bond motifs is 1.